The van der Waals surface area contributed by atoms with Gasteiger partial charge in [-0.25, -0.2) is 8.78 Å². The molecule has 1 unspecified atom stereocenters. The molecule has 0 saturated heterocycles. The van der Waals surface area contributed by atoms with E-state index in [0.717, 1.165) is 31.4 Å². The lowest BCUT2D eigenvalue weighted by atomic mass is 9.48. The molecule has 2 atom stereocenters. The fraction of sp³-hybridized carbons (Fsp3) is 0.591. The van der Waals surface area contributed by atoms with Gasteiger partial charge in [0.15, 0.2) is 17.0 Å². The Bertz CT molecular complexity index is 876. The van der Waals surface area contributed by atoms with Crippen LogP contribution in [0.15, 0.2) is 18.2 Å². The van der Waals surface area contributed by atoms with Gasteiger partial charge in [0.05, 0.1) is 18.1 Å². The zero-order valence-electron chi connectivity index (χ0n) is 14.9. The molecule has 0 aliphatic heterocycles. The maximum Gasteiger partial charge on any atom is 0.161 e. The predicted octanol–water partition coefficient (Wildman–Crippen LogP) is 4.50. The average molecular weight is 366 g/mol. The second-order valence-electron chi connectivity index (χ2n) is 9.28. The molecule has 6 rings (SSSR count). The van der Waals surface area contributed by atoms with E-state index in [-0.39, 0.29) is 5.78 Å². The number of rotatable bonds is 3. The van der Waals surface area contributed by atoms with E-state index in [1.165, 1.54) is 25.3 Å². The molecule has 5 heteroatoms. The SMILES string of the molecule is N#CC1(C#N)C(c2ccc(F)c(F)c2)[C@@H]1C(=O)C12CC3CC(CC(C3)C1)C2. The summed E-state index contributed by atoms with van der Waals surface area (Å²) < 4.78 is 27.1. The van der Waals surface area contributed by atoms with E-state index in [9.17, 15) is 24.1 Å². The number of hydrogen-bond acceptors (Lipinski definition) is 3. The summed E-state index contributed by atoms with van der Waals surface area (Å²) in [5, 5.41) is 19.4. The third-order valence-electron chi connectivity index (χ3n) is 7.72. The summed E-state index contributed by atoms with van der Waals surface area (Å²) in [6.45, 7) is 0. The normalized spacial score (nSPS) is 40.2. The van der Waals surface area contributed by atoms with Crippen molar-refractivity contribution in [3.8, 4) is 12.1 Å². The molecule has 4 bridgehead atoms. The van der Waals surface area contributed by atoms with Crippen LogP contribution < -0.4 is 0 Å². The lowest BCUT2D eigenvalue weighted by molar-refractivity contribution is -0.145. The molecular formula is C22H20F2N2O. The quantitative estimate of drug-likeness (QED) is 0.791. The third-order valence-corrected chi connectivity index (χ3v) is 7.72. The molecule has 27 heavy (non-hydrogen) atoms. The van der Waals surface area contributed by atoms with Gasteiger partial charge in [0.1, 0.15) is 5.78 Å². The van der Waals surface area contributed by atoms with Gasteiger partial charge >= 0.3 is 0 Å². The van der Waals surface area contributed by atoms with Crippen LogP contribution in [0.3, 0.4) is 0 Å². The first kappa shape index (κ1) is 16.9. The van der Waals surface area contributed by atoms with Crippen LogP contribution in [0, 0.1) is 68.8 Å². The van der Waals surface area contributed by atoms with Crippen molar-refractivity contribution in [1.29, 1.82) is 10.5 Å². The van der Waals surface area contributed by atoms with E-state index in [2.05, 4.69) is 0 Å². The number of Topliss-reactive ketones (excluding diaryl/α,β-unsaturated/α-hetero) is 1. The third kappa shape index (κ3) is 2.18. The van der Waals surface area contributed by atoms with Gasteiger partial charge in [0, 0.05) is 11.3 Å². The van der Waals surface area contributed by atoms with E-state index in [1.807, 2.05) is 12.1 Å². The number of nitrogens with zero attached hydrogens (tertiary/aromatic N) is 2. The van der Waals surface area contributed by atoms with E-state index in [4.69, 9.17) is 0 Å². The maximum absolute atomic E-state index is 13.7. The summed E-state index contributed by atoms with van der Waals surface area (Å²) in [5.41, 5.74) is -1.49. The fourth-order valence-corrected chi connectivity index (χ4v) is 6.95. The van der Waals surface area contributed by atoms with Gasteiger partial charge in [-0.2, -0.15) is 10.5 Å². The highest BCUT2D eigenvalue weighted by atomic mass is 19.2. The number of hydrogen-bond donors (Lipinski definition) is 0. The van der Waals surface area contributed by atoms with Gasteiger partial charge in [-0.1, -0.05) is 6.07 Å². The molecule has 138 valence electrons. The fourth-order valence-electron chi connectivity index (χ4n) is 6.95. The van der Waals surface area contributed by atoms with Crippen molar-refractivity contribution in [2.45, 2.75) is 44.4 Å². The minimum atomic E-state index is -1.45. The second-order valence-corrected chi connectivity index (χ2v) is 9.28. The van der Waals surface area contributed by atoms with Crippen molar-refractivity contribution < 1.29 is 13.6 Å². The summed E-state index contributed by atoms with van der Waals surface area (Å²) in [6.07, 6.45) is 6.20. The molecule has 5 aliphatic carbocycles. The number of benzene rings is 1. The summed E-state index contributed by atoms with van der Waals surface area (Å²) >= 11 is 0. The van der Waals surface area contributed by atoms with Crippen molar-refractivity contribution in [3.05, 3.63) is 35.4 Å². The molecule has 0 heterocycles. The van der Waals surface area contributed by atoms with Crippen LogP contribution >= 0.6 is 0 Å². The molecule has 1 aromatic rings. The highest BCUT2D eigenvalue weighted by Crippen LogP contribution is 2.70. The first-order valence-electron chi connectivity index (χ1n) is 9.74. The minimum Gasteiger partial charge on any atom is -0.299 e. The Hall–Kier alpha value is -2.27. The number of nitriles is 2. The highest BCUT2D eigenvalue weighted by molar-refractivity contribution is 5.94. The van der Waals surface area contributed by atoms with Gasteiger partial charge in [0.2, 0.25) is 0 Å². The van der Waals surface area contributed by atoms with Crippen molar-refractivity contribution in [2.75, 3.05) is 0 Å². The van der Waals surface area contributed by atoms with Crippen LogP contribution in [0.2, 0.25) is 0 Å². The molecule has 0 radical (unpaired) electrons. The molecule has 0 spiro atoms. The Kier molecular flexibility index (Phi) is 3.36. The van der Waals surface area contributed by atoms with Crippen LogP contribution in [0.25, 0.3) is 0 Å². The first-order valence-corrected chi connectivity index (χ1v) is 9.74. The van der Waals surface area contributed by atoms with Crippen LogP contribution in [0.5, 0.6) is 0 Å². The Morgan fingerprint density at radius 3 is 2.00 bits per heavy atom. The van der Waals surface area contributed by atoms with E-state index in [1.54, 1.807) is 0 Å². The van der Waals surface area contributed by atoms with E-state index in [0.29, 0.717) is 23.3 Å². The Morgan fingerprint density at radius 2 is 1.52 bits per heavy atom. The molecule has 0 aromatic heterocycles. The average Bonchev–Trinajstić information content (AvgIpc) is 3.31. The zero-order valence-corrected chi connectivity index (χ0v) is 14.9. The summed E-state index contributed by atoms with van der Waals surface area (Å²) in [6, 6.07) is 7.55. The topological polar surface area (TPSA) is 64.7 Å². The summed E-state index contributed by atoms with van der Waals surface area (Å²) in [5.74, 6) is -1.60. The van der Waals surface area contributed by atoms with Gasteiger partial charge in [-0.15, -0.1) is 0 Å². The van der Waals surface area contributed by atoms with Crippen LogP contribution in [0.1, 0.15) is 50.0 Å². The molecule has 0 N–H and O–H groups in total. The Labute approximate surface area is 157 Å². The molecule has 3 nitrogen and oxygen atoms in total. The van der Waals surface area contributed by atoms with Crippen molar-refractivity contribution >= 4 is 5.78 Å². The number of ketones is 1. The zero-order chi connectivity index (χ0) is 19.0. The number of carbonyl (C=O) groups is 1. The van der Waals surface area contributed by atoms with Gasteiger partial charge in [0.25, 0.3) is 0 Å². The highest BCUT2D eigenvalue weighted by Gasteiger charge is 2.73. The van der Waals surface area contributed by atoms with E-state index >= 15 is 0 Å². The molecule has 1 aromatic carbocycles. The van der Waals surface area contributed by atoms with Gasteiger partial charge in [-0.05, 0) is 74.0 Å². The van der Waals surface area contributed by atoms with Crippen LogP contribution in [0.4, 0.5) is 8.78 Å². The number of halogens is 2. The molecule has 0 amide bonds. The van der Waals surface area contributed by atoms with Crippen molar-refractivity contribution in [2.24, 2.45) is 34.5 Å². The lowest BCUT2D eigenvalue weighted by Gasteiger charge is -2.56. The van der Waals surface area contributed by atoms with E-state index < -0.39 is 34.3 Å². The minimum absolute atomic E-state index is 0.0273. The largest absolute Gasteiger partial charge is 0.299 e. The predicted molar refractivity (Wildman–Crippen MR) is 91.9 cm³/mol. The Balaban J connectivity index is 1.52. The van der Waals surface area contributed by atoms with Gasteiger partial charge in [-0.3, -0.25) is 4.79 Å². The van der Waals surface area contributed by atoms with Crippen LogP contribution in [-0.4, -0.2) is 5.78 Å². The maximum atomic E-state index is 13.7. The van der Waals surface area contributed by atoms with Gasteiger partial charge < -0.3 is 0 Å². The monoisotopic (exact) mass is 366 g/mol. The smallest absolute Gasteiger partial charge is 0.161 e. The van der Waals surface area contributed by atoms with Crippen LogP contribution in [-0.2, 0) is 4.79 Å². The number of carbonyl (C=O) groups excluding carboxylic acids is 1. The molecule has 5 fully saturated rings. The second kappa shape index (κ2) is 5.38. The summed E-state index contributed by atoms with van der Waals surface area (Å²) in [4.78, 5) is 13.7. The molecule has 5 aliphatic rings. The standard InChI is InChI=1S/C22H20F2N2O/c23-16-2-1-15(6-17(16)24)18-19(22(18,10-25)11-26)20(27)21-7-12-3-13(8-21)5-14(4-12)9-21/h1-2,6,12-14,18-19H,3-5,7-9H2/t12?,13?,14?,18?,19-,21?/m1/s1. The van der Waals surface area contributed by atoms with Crippen molar-refractivity contribution in [1.82, 2.24) is 0 Å². The lowest BCUT2D eigenvalue weighted by Crippen LogP contribution is -2.50. The molecular weight excluding hydrogens is 346 g/mol. The van der Waals surface area contributed by atoms with Crippen molar-refractivity contribution in [3.63, 3.8) is 0 Å². The summed E-state index contributed by atoms with van der Waals surface area (Å²) in [7, 11) is 0. The first-order chi connectivity index (χ1) is 12.9. The molecule has 5 saturated carbocycles. The Morgan fingerprint density at radius 1 is 0.963 bits per heavy atom.